The number of pyridine rings is 1. The highest BCUT2D eigenvalue weighted by atomic mass is 16.2. The molecule has 1 unspecified atom stereocenters. The van der Waals surface area contributed by atoms with Gasteiger partial charge in [-0.3, -0.25) is 9.78 Å². The number of nitrogen functional groups attached to an aromatic ring is 1. The Bertz CT molecular complexity index is 1270. The fourth-order valence-corrected chi connectivity index (χ4v) is 4.98. The van der Waals surface area contributed by atoms with Gasteiger partial charge in [-0.25, -0.2) is 0 Å². The van der Waals surface area contributed by atoms with Gasteiger partial charge in [-0.1, -0.05) is 12.1 Å². The molecule has 1 atom stereocenters. The minimum absolute atomic E-state index is 0.0557. The summed E-state index contributed by atoms with van der Waals surface area (Å²) in [4.78, 5) is 34.4. The van der Waals surface area contributed by atoms with Gasteiger partial charge in [0.1, 0.15) is 11.6 Å². The normalized spacial score (nSPS) is 18.2. The molecular formula is C27H34N8O. The van der Waals surface area contributed by atoms with Crippen LogP contribution in [0.4, 0.5) is 17.6 Å². The van der Waals surface area contributed by atoms with E-state index in [1.807, 2.05) is 12.3 Å². The molecule has 9 heteroatoms. The highest BCUT2D eigenvalue weighted by Gasteiger charge is 2.26. The molecule has 4 heterocycles. The number of likely N-dealkylation sites (N-methyl/N-ethyl adjacent to an activating group) is 1. The van der Waals surface area contributed by atoms with E-state index in [-0.39, 0.29) is 11.9 Å². The monoisotopic (exact) mass is 486 g/mol. The van der Waals surface area contributed by atoms with E-state index < -0.39 is 0 Å². The summed E-state index contributed by atoms with van der Waals surface area (Å²) < 4.78 is 0. The number of nitrogens with two attached hydrogens (primary N) is 1. The molecule has 9 nitrogen and oxygen atoms in total. The fourth-order valence-electron chi connectivity index (χ4n) is 4.98. The number of benzene rings is 1. The van der Waals surface area contributed by atoms with Gasteiger partial charge < -0.3 is 25.3 Å². The van der Waals surface area contributed by atoms with Crippen molar-refractivity contribution < 1.29 is 4.79 Å². The van der Waals surface area contributed by atoms with E-state index in [4.69, 9.17) is 5.73 Å². The number of hydrogen-bond acceptors (Lipinski definition) is 8. The third-order valence-electron chi connectivity index (χ3n) is 7.16. The van der Waals surface area contributed by atoms with Crippen molar-refractivity contribution in [3.63, 3.8) is 0 Å². The summed E-state index contributed by atoms with van der Waals surface area (Å²) in [6, 6.07) is 10.8. The van der Waals surface area contributed by atoms with Crippen molar-refractivity contribution in [1.29, 1.82) is 0 Å². The summed E-state index contributed by atoms with van der Waals surface area (Å²) in [6.07, 6.45) is 4.34. The molecule has 0 saturated carbocycles. The number of piperazine rings is 1. The Balaban J connectivity index is 1.43. The SMILES string of the molecule is CC1Cc2ccc(-c3cncc(C(=O)N(C)C)c3)cc2CN1c1cc(N2CCN(C)CC2)nc(N)n1. The van der Waals surface area contributed by atoms with Crippen LogP contribution in [0.2, 0.25) is 0 Å². The quantitative estimate of drug-likeness (QED) is 0.601. The molecule has 1 fully saturated rings. The smallest absolute Gasteiger partial charge is 0.254 e. The molecule has 0 radical (unpaired) electrons. The lowest BCUT2D eigenvalue weighted by Gasteiger charge is -2.37. The van der Waals surface area contributed by atoms with E-state index in [1.54, 1.807) is 25.2 Å². The molecular weight excluding hydrogens is 452 g/mol. The second kappa shape index (κ2) is 9.73. The van der Waals surface area contributed by atoms with Crippen molar-refractivity contribution in [1.82, 2.24) is 24.8 Å². The van der Waals surface area contributed by atoms with Crippen molar-refractivity contribution in [2.45, 2.75) is 25.9 Å². The third-order valence-corrected chi connectivity index (χ3v) is 7.16. The maximum Gasteiger partial charge on any atom is 0.254 e. The molecule has 0 bridgehead atoms. The Hall–Kier alpha value is -3.72. The van der Waals surface area contributed by atoms with Crippen molar-refractivity contribution in [2.75, 3.05) is 62.9 Å². The van der Waals surface area contributed by atoms with E-state index in [1.165, 1.54) is 11.1 Å². The molecule has 2 N–H and O–H groups in total. The summed E-state index contributed by atoms with van der Waals surface area (Å²) >= 11 is 0. The molecule has 0 aliphatic carbocycles. The molecule has 0 spiro atoms. The van der Waals surface area contributed by atoms with E-state index in [0.717, 1.165) is 61.9 Å². The Labute approximate surface area is 212 Å². The van der Waals surface area contributed by atoms with Crippen molar-refractivity contribution >= 4 is 23.5 Å². The number of fused-ring (bicyclic) bond motifs is 1. The standard InChI is InChI=1S/C27H34N8O/c1-18-11-19-5-6-20(21-13-22(16-29-15-21)26(36)32(2)3)12-23(19)17-35(18)25-14-24(30-27(28)31-25)34-9-7-33(4)8-10-34/h5-6,12-16,18H,7-11,17H2,1-4H3,(H2,28,30,31). The number of anilines is 3. The van der Waals surface area contributed by atoms with Gasteiger partial charge in [0, 0.05) is 76.9 Å². The summed E-state index contributed by atoms with van der Waals surface area (Å²) in [7, 11) is 5.64. The average Bonchev–Trinajstić information content (AvgIpc) is 2.87. The molecule has 36 heavy (non-hydrogen) atoms. The third kappa shape index (κ3) is 4.83. The maximum absolute atomic E-state index is 12.4. The van der Waals surface area contributed by atoms with Gasteiger partial charge in [-0.2, -0.15) is 9.97 Å². The summed E-state index contributed by atoms with van der Waals surface area (Å²) in [5, 5.41) is 0. The van der Waals surface area contributed by atoms with E-state index in [2.05, 4.69) is 67.9 Å². The number of carbonyl (C=O) groups is 1. The second-order valence-electron chi connectivity index (χ2n) is 10.1. The van der Waals surface area contributed by atoms with Gasteiger partial charge in [0.05, 0.1) is 5.56 Å². The first-order valence-corrected chi connectivity index (χ1v) is 12.4. The molecule has 188 valence electrons. The van der Waals surface area contributed by atoms with E-state index in [9.17, 15) is 4.79 Å². The Morgan fingerprint density at radius 2 is 1.72 bits per heavy atom. The molecule has 2 aliphatic heterocycles. The molecule has 1 aromatic carbocycles. The molecule has 1 saturated heterocycles. The zero-order valence-corrected chi connectivity index (χ0v) is 21.5. The topological polar surface area (TPSA) is 94.7 Å². The number of carbonyl (C=O) groups excluding carboxylic acids is 1. The lowest BCUT2D eigenvalue weighted by atomic mass is 9.91. The zero-order chi connectivity index (χ0) is 25.4. The molecule has 2 aliphatic rings. The van der Waals surface area contributed by atoms with Crippen LogP contribution in [0.15, 0.2) is 42.7 Å². The number of rotatable bonds is 4. The summed E-state index contributed by atoms with van der Waals surface area (Å²) in [5.74, 6) is 2.01. The van der Waals surface area contributed by atoms with Crippen LogP contribution in [0, 0.1) is 0 Å². The van der Waals surface area contributed by atoms with Crippen molar-refractivity contribution in [3.8, 4) is 11.1 Å². The van der Waals surface area contributed by atoms with Gasteiger partial charge in [-0.05, 0) is 49.2 Å². The van der Waals surface area contributed by atoms with E-state index in [0.29, 0.717) is 11.5 Å². The van der Waals surface area contributed by atoms with Gasteiger partial charge in [0.15, 0.2) is 0 Å². The van der Waals surface area contributed by atoms with Crippen molar-refractivity contribution in [2.24, 2.45) is 0 Å². The molecule has 1 amide bonds. The summed E-state index contributed by atoms with van der Waals surface area (Å²) in [5.41, 5.74) is 11.3. The molecule has 2 aromatic heterocycles. The average molecular weight is 487 g/mol. The van der Waals surface area contributed by atoms with Gasteiger partial charge in [0.2, 0.25) is 5.95 Å². The fraction of sp³-hybridized carbons (Fsp3) is 0.407. The van der Waals surface area contributed by atoms with Crippen LogP contribution in [0.1, 0.15) is 28.4 Å². The number of hydrogen-bond donors (Lipinski definition) is 1. The van der Waals surface area contributed by atoms with Crippen molar-refractivity contribution in [3.05, 3.63) is 59.4 Å². The first-order valence-electron chi connectivity index (χ1n) is 12.4. The largest absolute Gasteiger partial charge is 0.368 e. The van der Waals surface area contributed by atoms with Crippen LogP contribution in [0.3, 0.4) is 0 Å². The van der Waals surface area contributed by atoms with Gasteiger partial charge >= 0.3 is 0 Å². The molecule has 5 rings (SSSR count). The highest BCUT2D eigenvalue weighted by Crippen LogP contribution is 2.32. The second-order valence-corrected chi connectivity index (χ2v) is 10.1. The minimum Gasteiger partial charge on any atom is -0.368 e. The van der Waals surface area contributed by atoms with Crippen LogP contribution in [0.5, 0.6) is 0 Å². The Morgan fingerprint density at radius 1 is 0.972 bits per heavy atom. The van der Waals surface area contributed by atoms with Crippen LogP contribution >= 0.6 is 0 Å². The van der Waals surface area contributed by atoms with Crippen LogP contribution in [-0.4, -0.2) is 84.0 Å². The first kappa shape index (κ1) is 24.0. The first-order chi connectivity index (χ1) is 17.3. The van der Waals surface area contributed by atoms with Gasteiger partial charge in [0.25, 0.3) is 5.91 Å². The zero-order valence-electron chi connectivity index (χ0n) is 21.5. The number of nitrogens with zero attached hydrogens (tertiary/aromatic N) is 7. The molecule has 3 aromatic rings. The highest BCUT2D eigenvalue weighted by molar-refractivity contribution is 5.94. The van der Waals surface area contributed by atoms with Crippen LogP contribution < -0.4 is 15.5 Å². The minimum atomic E-state index is -0.0557. The number of aromatic nitrogens is 3. The maximum atomic E-state index is 12.4. The lowest BCUT2D eigenvalue weighted by molar-refractivity contribution is 0.0827. The predicted molar refractivity (Wildman–Crippen MR) is 143 cm³/mol. The van der Waals surface area contributed by atoms with Crippen LogP contribution in [0.25, 0.3) is 11.1 Å². The van der Waals surface area contributed by atoms with Gasteiger partial charge in [-0.15, -0.1) is 0 Å². The Kier molecular flexibility index (Phi) is 6.49. The lowest BCUT2D eigenvalue weighted by Crippen LogP contribution is -2.45. The van der Waals surface area contributed by atoms with E-state index >= 15 is 0 Å². The predicted octanol–water partition coefficient (Wildman–Crippen LogP) is 2.53. The van der Waals surface area contributed by atoms with Crippen LogP contribution in [-0.2, 0) is 13.0 Å². The summed E-state index contributed by atoms with van der Waals surface area (Å²) in [6.45, 7) is 6.82. The Morgan fingerprint density at radius 3 is 2.47 bits per heavy atom. The number of amides is 1.